The van der Waals surface area contributed by atoms with Crippen LogP contribution in [0.5, 0.6) is 5.75 Å². The number of hydrogen-bond acceptors (Lipinski definition) is 3. The SMILES string of the molecule is COCCOC(CCC1(C)CCCC1)Oc1ccc(CC(C)C)cc1. The first-order chi connectivity index (χ1) is 12.0. The van der Waals surface area contributed by atoms with E-state index < -0.39 is 0 Å². The van der Waals surface area contributed by atoms with Crippen LogP contribution in [0.3, 0.4) is 0 Å². The van der Waals surface area contributed by atoms with Crippen LogP contribution in [0.15, 0.2) is 24.3 Å². The number of benzene rings is 1. The topological polar surface area (TPSA) is 27.7 Å². The average molecular weight is 349 g/mol. The van der Waals surface area contributed by atoms with Crippen LogP contribution in [0.25, 0.3) is 0 Å². The van der Waals surface area contributed by atoms with Gasteiger partial charge < -0.3 is 14.2 Å². The third-order valence-corrected chi connectivity index (χ3v) is 5.22. The van der Waals surface area contributed by atoms with Crippen molar-refractivity contribution in [2.75, 3.05) is 20.3 Å². The maximum atomic E-state index is 6.15. The molecule has 0 spiro atoms. The second-order valence-corrected chi connectivity index (χ2v) is 8.21. The van der Waals surface area contributed by atoms with E-state index in [4.69, 9.17) is 14.2 Å². The highest BCUT2D eigenvalue weighted by Crippen LogP contribution is 2.41. The van der Waals surface area contributed by atoms with Crippen molar-refractivity contribution < 1.29 is 14.2 Å². The fourth-order valence-corrected chi connectivity index (χ4v) is 3.71. The Labute approximate surface area is 154 Å². The highest BCUT2D eigenvalue weighted by Gasteiger charge is 2.29. The van der Waals surface area contributed by atoms with Gasteiger partial charge in [0.2, 0.25) is 0 Å². The average Bonchev–Trinajstić information content (AvgIpc) is 3.01. The molecule has 1 atom stereocenters. The van der Waals surface area contributed by atoms with E-state index in [1.165, 1.54) is 31.2 Å². The van der Waals surface area contributed by atoms with Gasteiger partial charge in [0.1, 0.15) is 5.75 Å². The van der Waals surface area contributed by atoms with Gasteiger partial charge in [-0.05, 0) is 54.7 Å². The van der Waals surface area contributed by atoms with E-state index >= 15 is 0 Å². The fraction of sp³-hybridized carbons (Fsp3) is 0.727. The van der Waals surface area contributed by atoms with Gasteiger partial charge in [0, 0.05) is 13.5 Å². The summed E-state index contributed by atoms with van der Waals surface area (Å²) in [7, 11) is 1.70. The molecule has 3 nitrogen and oxygen atoms in total. The first kappa shape index (κ1) is 20.3. The zero-order valence-corrected chi connectivity index (χ0v) is 16.6. The van der Waals surface area contributed by atoms with Crippen LogP contribution in [0.1, 0.15) is 64.9 Å². The third kappa shape index (κ3) is 7.37. The Morgan fingerprint density at radius 2 is 1.72 bits per heavy atom. The monoisotopic (exact) mass is 348 g/mol. The van der Waals surface area contributed by atoms with E-state index in [1.54, 1.807) is 7.11 Å². The number of ether oxygens (including phenoxy) is 3. The van der Waals surface area contributed by atoms with Crippen LogP contribution in [-0.4, -0.2) is 26.6 Å². The maximum absolute atomic E-state index is 6.15. The Bertz CT molecular complexity index is 475. The van der Waals surface area contributed by atoms with E-state index in [-0.39, 0.29) is 6.29 Å². The molecule has 1 aliphatic rings. The minimum atomic E-state index is -0.191. The van der Waals surface area contributed by atoms with Crippen LogP contribution >= 0.6 is 0 Å². The fourth-order valence-electron chi connectivity index (χ4n) is 3.71. The predicted molar refractivity (Wildman–Crippen MR) is 103 cm³/mol. The summed E-state index contributed by atoms with van der Waals surface area (Å²) < 4.78 is 17.2. The standard InChI is InChI=1S/C22H36O3/c1-18(2)17-19-7-9-20(10-8-19)25-21(24-16-15-23-4)11-14-22(3)12-5-6-13-22/h7-10,18,21H,5-6,11-17H2,1-4H3. The van der Waals surface area contributed by atoms with Crippen molar-refractivity contribution in [2.24, 2.45) is 11.3 Å². The lowest BCUT2D eigenvalue weighted by atomic mass is 9.84. The van der Waals surface area contributed by atoms with E-state index in [0.717, 1.165) is 25.0 Å². The molecular weight excluding hydrogens is 312 g/mol. The molecule has 1 saturated carbocycles. The molecule has 1 aromatic carbocycles. The van der Waals surface area contributed by atoms with Crippen molar-refractivity contribution in [1.29, 1.82) is 0 Å². The van der Waals surface area contributed by atoms with E-state index in [0.29, 0.717) is 24.5 Å². The van der Waals surface area contributed by atoms with Gasteiger partial charge in [-0.25, -0.2) is 0 Å². The number of hydrogen-bond donors (Lipinski definition) is 0. The molecule has 0 aliphatic heterocycles. The van der Waals surface area contributed by atoms with Gasteiger partial charge in [0.15, 0.2) is 6.29 Å². The Kier molecular flexibility index (Phi) is 8.25. The van der Waals surface area contributed by atoms with E-state index in [9.17, 15) is 0 Å². The van der Waals surface area contributed by atoms with Crippen LogP contribution in [0.4, 0.5) is 0 Å². The Balaban J connectivity index is 1.89. The predicted octanol–water partition coefficient (Wildman–Crippen LogP) is 5.61. The highest BCUT2D eigenvalue weighted by molar-refractivity contribution is 5.27. The second-order valence-electron chi connectivity index (χ2n) is 8.21. The molecule has 3 heteroatoms. The minimum Gasteiger partial charge on any atom is -0.465 e. The summed E-state index contributed by atoms with van der Waals surface area (Å²) >= 11 is 0. The summed E-state index contributed by atoms with van der Waals surface area (Å²) in [5.41, 5.74) is 1.82. The molecule has 142 valence electrons. The zero-order chi connectivity index (χ0) is 18.1. The van der Waals surface area contributed by atoms with Crippen LogP contribution < -0.4 is 4.74 Å². The minimum absolute atomic E-state index is 0.191. The van der Waals surface area contributed by atoms with Crippen LogP contribution in [0.2, 0.25) is 0 Å². The van der Waals surface area contributed by atoms with Crippen LogP contribution in [-0.2, 0) is 15.9 Å². The van der Waals surface area contributed by atoms with Gasteiger partial charge in [-0.3, -0.25) is 0 Å². The molecule has 1 unspecified atom stereocenters. The van der Waals surface area contributed by atoms with Crippen molar-refractivity contribution in [3.8, 4) is 5.75 Å². The van der Waals surface area contributed by atoms with Gasteiger partial charge in [-0.1, -0.05) is 45.7 Å². The Hall–Kier alpha value is -1.06. The van der Waals surface area contributed by atoms with Crippen molar-refractivity contribution in [2.45, 2.75) is 72.0 Å². The maximum Gasteiger partial charge on any atom is 0.199 e. The zero-order valence-electron chi connectivity index (χ0n) is 16.6. The van der Waals surface area contributed by atoms with Gasteiger partial charge >= 0.3 is 0 Å². The first-order valence-corrected chi connectivity index (χ1v) is 9.87. The second kappa shape index (κ2) is 10.2. The third-order valence-electron chi connectivity index (χ3n) is 5.22. The Morgan fingerprint density at radius 3 is 2.32 bits per heavy atom. The van der Waals surface area contributed by atoms with Gasteiger partial charge in [-0.15, -0.1) is 0 Å². The van der Waals surface area contributed by atoms with Crippen molar-refractivity contribution in [1.82, 2.24) is 0 Å². The van der Waals surface area contributed by atoms with Crippen molar-refractivity contribution in [3.63, 3.8) is 0 Å². The molecule has 0 bridgehead atoms. The molecule has 0 aromatic heterocycles. The smallest absolute Gasteiger partial charge is 0.199 e. The molecule has 0 heterocycles. The molecule has 0 radical (unpaired) electrons. The lowest BCUT2D eigenvalue weighted by Crippen LogP contribution is -2.25. The van der Waals surface area contributed by atoms with Crippen LogP contribution in [0, 0.1) is 11.3 Å². The summed E-state index contributed by atoms with van der Waals surface area (Å²) in [5.74, 6) is 1.57. The molecule has 1 aliphatic carbocycles. The molecule has 2 rings (SSSR count). The van der Waals surface area contributed by atoms with Gasteiger partial charge in [-0.2, -0.15) is 0 Å². The van der Waals surface area contributed by atoms with Gasteiger partial charge in [0.05, 0.1) is 13.2 Å². The summed E-state index contributed by atoms with van der Waals surface area (Å²) in [5, 5.41) is 0. The van der Waals surface area contributed by atoms with Crippen molar-refractivity contribution >= 4 is 0 Å². The molecule has 1 aromatic rings. The number of methoxy groups -OCH3 is 1. The first-order valence-electron chi connectivity index (χ1n) is 9.87. The molecule has 0 amide bonds. The summed E-state index contributed by atoms with van der Waals surface area (Å²) in [6.07, 6.45) is 8.41. The molecule has 0 N–H and O–H groups in total. The summed E-state index contributed by atoms with van der Waals surface area (Å²) in [4.78, 5) is 0. The molecule has 25 heavy (non-hydrogen) atoms. The summed E-state index contributed by atoms with van der Waals surface area (Å²) in [6.45, 7) is 8.07. The molecule has 0 saturated heterocycles. The van der Waals surface area contributed by atoms with Crippen molar-refractivity contribution in [3.05, 3.63) is 29.8 Å². The number of rotatable bonds is 11. The van der Waals surface area contributed by atoms with Gasteiger partial charge in [0.25, 0.3) is 0 Å². The lowest BCUT2D eigenvalue weighted by Gasteiger charge is -2.27. The Morgan fingerprint density at radius 1 is 1.04 bits per heavy atom. The molecule has 1 fully saturated rings. The normalized spacial score (nSPS) is 17.8. The lowest BCUT2D eigenvalue weighted by molar-refractivity contribution is -0.100. The largest absolute Gasteiger partial charge is 0.465 e. The van der Waals surface area contributed by atoms with E-state index in [2.05, 4.69) is 45.0 Å². The summed E-state index contributed by atoms with van der Waals surface area (Å²) in [6, 6.07) is 8.48. The molecular formula is C22H36O3. The highest BCUT2D eigenvalue weighted by atomic mass is 16.7. The quantitative estimate of drug-likeness (QED) is 0.384. The van der Waals surface area contributed by atoms with E-state index in [1.807, 2.05) is 0 Å².